The first kappa shape index (κ1) is 20.6. The summed E-state index contributed by atoms with van der Waals surface area (Å²) >= 11 is 0. The number of piperidine rings is 1. The molecule has 3 fully saturated rings. The number of methoxy groups -OCH3 is 1. The second-order valence-electron chi connectivity index (χ2n) is 9.74. The number of hydrogen-bond donors (Lipinski definition) is 0. The van der Waals surface area contributed by atoms with E-state index in [1.54, 1.807) is 7.11 Å². The Balaban J connectivity index is 1.37. The highest BCUT2D eigenvalue weighted by molar-refractivity contribution is 5.80. The van der Waals surface area contributed by atoms with Crippen LogP contribution in [0.1, 0.15) is 48.3 Å². The zero-order valence-electron chi connectivity index (χ0n) is 18.8. The number of carbonyl (C=O) groups excluding carboxylic acids is 1. The lowest BCUT2D eigenvalue weighted by Crippen LogP contribution is -2.49. The highest BCUT2D eigenvalue weighted by Crippen LogP contribution is 2.44. The van der Waals surface area contributed by atoms with E-state index in [9.17, 15) is 4.79 Å². The molecule has 1 aliphatic carbocycles. The van der Waals surface area contributed by atoms with Gasteiger partial charge in [0.1, 0.15) is 5.75 Å². The number of nitrogens with zero attached hydrogens (tertiary/aromatic N) is 2. The highest BCUT2D eigenvalue weighted by atomic mass is 16.5. The molecule has 0 N–H and O–H groups in total. The van der Waals surface area contributed by atoms with Crippen molar-refractivity contribution >= 4 is 5.91 Å². The van der Waals surface area contributed by atoms with Crippen molar-refractivity contribution in [1.82, 2.24) is 9.80 Å². The van der Waals surface area contributed by atoms with Crippen LogP contribution in [-0.4, -0.2) is 48.5 Å². The fourth-order valence-corrected chi connectivity index (χ4v) is 5.86. The summed E-state index contributed by atoms with van der Waals surface area (Å²) in [5, 5.41) is 0. The molecule has 0 unspecified atom stereocenters. The van der Waals surface area contributed by atoms with Gasteiger partial charge in [-0.3, -0.25) is 9.69 Å². The smallest absolute Gasteiger partial charge is 0.225 e. The van der Waals surface area contributed by atoms with Gasteiger partial charge in [-0.25, -0.2) is 0 Å². The van der Waals surface area contributed by atoms with Crippen molar-refractivity contribution in [3.05, 3.63) is 65.2 Å². The molecule has 2 saturated heterocycles. The van der Waals surface area contributed by atoms with Gasteiger partial charge in [0.25, 0.3) is 0 Å². The first-order valence-electron chi connectivity index (χ1n) is 11.8. The summed E-state index contributed by atoms with van der Waals surface area (Å²) < 4.78 is 5.37. The number of rotatable bonds is 5. The lowest BCUT2D eigenvalue weighted by atomic mass is 9.81. The standard InChI is InChI=1S/C27H34N2O2/c1-19-5-3-6-20(15-19)16-28-14-13-26-25(17-28)24(21-9-11-23(31-2)12-10-21)18-29(26)27(30)22-7-4-8-22/h3,5-6,9-12,15,22,24-26H,4,7-8,13-14,16-18H2,1-2H3/t24-,25-,26-/m1/s1. The number of hydrogen-bond acceptors (Lipinski definition) is 3. The Kier molecular flexibility index (Phi) is 5.75. The largest absolute Gasteiger partial charge is 0.497 e. The molecule has 1 amide bonds. The Labute approximate surface area is 186 Å². The van der Waals surface area contributed by atoms with Crippen molar-refractivity contribution in [2.45, 2.75) is 51.1 Å². The number of amides is 1. The van der Waals surface area contributed by atoms with Gasteiger partial charge in [0, 0.05) is 50.0 Å². The van der Waals surface area contributed by atoms with Gasteiger partial charge in [0.15, 0.2) is 0 Å². The average molecular weight is 419 g/mol. The number of benzene rings is 2. The van der Waals surface area contributed by atoms with Crippen LogP contribution in [-0.2, 0) is 11.3 Å². The molecule has 0 bridgehead atoms. The molecule has 0 spiro atoms. The molecule has 4 heteroatoms. The van der Waals surface area contributed by atoms with E-state index < -0.39 is 0 Å². The van der Waals surface area contributed by atoms with Crippen LogP contribution < -0.4 is 4.74 Å². The molecule has 1 saturated carbocycles. The maximum absolute atomic E-state index is 13.3. The molecule has 0 radical (unpaired) electrons. The first-order valence-corrected chi connectivity index (χ1v) is 11.8. The van der Waals surface area contributed by atoms with Gasteiger partial charge < -0.3 is 9.64 Å². The Morgan fingerprint density at radius 3 is 2.55 bits per heavy atom. The van der Waals surface area contributed by atoms with E-state index in [-0.39, 0.29) is 5.92 Å². The molecular formula is C27H34N2O2. The van der Waals surface area contributed by atoms with Crippen molar-refractivity contribution in [2.24, 2.45) is 11.8 Å². The Bertz CT molecular complexity index is 921. The van der Waals surface area contributed by atoms with E-state index in [0.29, 0.717) is 23.8 Å². The normalized spacial score (nSPS) is 26.4. The zero-order chi connectivity index (χ0) is 21.4. The van der Waals surface area contributed by atoms with Gasteiger partial charge in [-0.05, 0) is 49.4 Å². The van der Waals surface area contributed by atoms with Crippen LogP contribution >= 0.6 is 0 Å². The number of carbonyl (C=O) groups is 1. The van der Waals surface area contributed by atoms with Gasteiger partial charge in [0.05, 0.1) is 7.11 Å². The highest BCUT2D eigenvalue weighted by Gasteiger charge is 2.48. The maximum Gasteiger partial charge on any atom is 0.225 e. The van der Waals surface area contributed by atoms with Crippen LogP contribution in [0.4, 0.5) is 0 Å². The lowest BCUT2D eigenvalue weighted by molar-refractivity contribution is -0.140. The number of likely N-dealkylation sites (tertiary alicyclic amines) is 2. The summed E-state index contributed by atoms with van der Waals surface area (Å²) in [6.45, 7) is 6.16. The summed E-state index contributed by atoms with van der Waals surface area (Å²) in [7, 11) is 1.71. The molecule has 2 aromatic rings. The van der Waals surface area contributed by atoms with Crippen LogP contribution in [0.3, 0.4) is 0 Å². The Hall–Kier alpha value is -2.33. The zero-order valence-corrected chi connectivity index (χ0v) is 18.8. The minimum Gasteiger partial charge on any atom is -0.497 e. The van der Waals surface area contributed by atoms with Gasteiger partial charge in [-0.2, -0.15) is 0 Å². The monoisotopic (exact) mass is 418 g/mol. The SMILES string of the molecule is COc1ccc([C@H]2CN(C(=O)C3CCC3)[C@@H]3CCN(Cc4cccc(C)c4)C[C@H]23)cc1. The van der Waals surface area contributed by atoms with E-state index in [1.807, 2.05) is 0 Å². The molecular weight excluding hydrogens is 384 g/mol. The third-order valence-corrected chi connectivity index (χ3v) is 7.78. The lowest BCUT2D eigenvalue weighted by Gasteiger charge is -2.40. The molecule has 4 nitrogen and oxygen atoms in total. The molecule has 5 rings (SSSR count). The van der Waals surface area contributed by atoms with E-state index in [2.05, 4.69) is 65.3 Å². The van der Waals surface area contributed by atoms with Gasteiger partial charge >= 0.3 is 0 Å². The van der Waals surface area contributed by atoms with Gasteiger partial charge in [0.2, 0.25) is 5.91 Å². The Morgan fingerprint density at radius 2 is 1.87 bits per heavy atom. The van der Waals surface area contributed by atoms with Gasteiger partial charge in [-0.15, -0.1) is 0 Å². The van der Waals surface area contributed by atoms with Crippen LogP contribution in [0.2, 0.25) is 0 Å². The van der Waals surface area contributed by atoms with Crippen LogP contribution in [0.15, 0.2) is 48.5 Å². The fourth-order valence-electron chi connectivity index (χ4n) is 5.86. The fraction of sp³-hybridized carbons (Fsp3) is 0.519. The predicted octanol–water partition coefficient (Wildman–Crippen LogP) is 4.62. The van der Waals surface area contributed by atoms with Crippen LogP contribution in [0.25, 0.3) is 0 Å². The maximum atomic E-state index is 13.3. The molecule has 2 aliphatic heterocycles. The first-order chi connectivity index (χ1) is 15.1. The van der Waals surface area contributed by atoms with Crippen molar-refractivity contribution in [1.29, 1.82) is 0 Å². The summed E-state index contributed by atoms with van der Waals surface area (Å²) in [5.41, 5.74) is 4.05. The number of aryl methyl sites for hydroxylation is 1. The second-order valence-corrected chi connectivity index (χ2v) is 9.74. The molecule has 31 heavy (non-hydrogen) atoms. The van der Waals surface area contributed by atoms with E-state index in [4.69, 9.17) is 4.74 Å². The van der Waals surface area contributed by atoms with Crippen molar-refractivity contribution in [3.63, 3.8) is 0 Å². The topological polar surface area (TPSA) is 32.8 Å². The minimum absolute atomic E-state index is 0.278. The average Bonchev–Trinajstić information content (AvgIpc) is 3.11. The van der Waals surface area contributed by atoms with E-state index in [1.165, 1.54) is 23.1 Å². The number of fused-ring (bicyclic) bond motifs is 1. The summed E-state index contributed by atoms with van der Waals surface area (Å²) in [5.74, 6) is 2.49. The molecule has 2 aromatic carbocycles. The summed E-state index contributed by atoms with van der Waals surface area (Å²) in [6.07, 6.45) is 4.46. The molecule has 164 valence electrons. The van der Waals surface area contributed by atoms with Crippen molar-refractivity contribution in [2.75, 3.05) is 26.7 Å². The molecule has 0 aromatic heterocycles. The molecule has 3 aliphatic rings. The van der Waals surface area contributed by atoms with E-state index >= 15 is 0 Å². The third-order valence-electron chi connectivity index (χ3n) is 7.78. The molecule has 2 heterocycles. The summed E-state index contributed by atoms with van der Waals surface area (Å²) in [6, 6.07) is 17.8. The van der Waals surface area contributed by atoms with Crippen LogP contribution in [0.5, 0.6) is 5.75 Å². The van der Waals surface area contributed by atoms with E-state index in [0.717, 1.165) is 51.2 Å². The quantitative estimate of drug-likeness (QED) is 0.710. The van der Waals surface area contributed by atoms with Crippen molar-refractivity contribution in [3.8, 4) is 5.75 Å². The predicted molar refractivity (Wildman–Crippen MR) is 123 cm³/mol. The Morgan fingerprint density at radius 1 is 1.06 bits per heavy atom. The minimum atomic E-state index is 0.278. The number of ether oxygens (including phenoxy) is 1. The summed E-state index contributed by atoms with van der Waals surface area (Å²) in [4.78, 5) is 18.1. The van der Waals surface area contributed by atoms with Crippen molar-refractivity contribution < 1.29 is 9.53 Å². The third kappa shape index (κ3) is 4.10. The van der Waals surface area contributed by atoms with Gasteiger partial charge in [-0.1, -0.05) is 48.4 Å². The van der Waals surface area contributed by atoms with Crippen LogP contribution in [0, 0.1) is 18.8 Å². The second kappa shape index (κ2) is 8.66. The molecule has 3 atom stereocenters.